The van der Waals surface area contributed by atoms with Crippen LogP contribution in [0.5, 0.6) is 0 Å². The molecule has 1 unspecified atom stereocenters. The number of benzene rings is 1. The highest BCUT2D eigenvalue weighted by Gasteiger charge is 2.15. The fraction of sp³-hybridized carbons (Fsp3) is 0.167. The van der Waals surface area contributed by atoms with E-state index >= 15 is 0 Å². The third-order valence-electron chi connectivity index (χ3n) is 2.56. The van der Waals surface area contributed by atoms with Crippen LogP contribution in [0.4, 0.5) is 0 Å². The molecule has 0 aliphatic heterocycles. The number of thiophene rings is 1. The highest BCUT2D eigenvalue weighted by molar-refractivity contribution is 9.10. The van der Waals surface area contributed by atoms with Crippen molar-refractivity contribution < 1.29 is 0 Å². The zero-order chi connectivity index (χ0) is 13.1. The van der Waals surface area contributed by atoms with Crippen molar-refractivity contribution in [3.8, 4) is 0 Å². The first-order valence-corrected chi connectivity index (χ1v) is 8.08. The maximum absolute atomic E-state index is 6.03. The van der Waals surface area contributed by atoms with E-state index in [0.29, 0.717) is 5.02 Å². The summed E-state index contributed by atoms with van der Waals surface area (Å²) in [5.41, 5.74) is 3.91. The minimum absolute atomic E-state index is 0.0311. The summed E-state index contributed by atoms with van der Waals surface area (Å²) in [5.74, 6) is 5.66. The van der Waals surface area contributed by atoms with E-state index in [4.69, 9.17) is 17.4 Å². The topological polar surface area (TPSA) is 38.0 Å². The summed E-state index contributed by atoms with van der Waals surface area (Å²) >= 11 is 14.7. The third-order valence-corrected chi connectivity index (χ3v) is 5.24. The Balaban J connectivity index is 2.25. The van der Waals surface area contributed by atoms with E-state index < -0.39 is 0 Å². The van der Waals surface area contributed by atoms with Crippen LogP contribution in [0.25, 0.3) is 0 Å². The summed E-state index contributed by atoms with van der Waals surface area (Å²) in [6, 6.07) is 7.85. The Bertz CT molecular complexity index is 545. The predicted molar refractivity (Wildman–Crippen MR) is 84.9 cm³/mol. The van der Waals surface area contributed by atoms with Crippen LogP contribution >= 0.6 is 54.8 Å². The molecule has 1 atom stereocenters. The van der Waals surface area contributed by atoms with Crippen molar-refractivity contribution in [3.05, 3.63) is 54.1 Å². The van der Waals surface area contributed by atoms with Crippen LogP contribution in [0.3, 0.4) is 0 Å². The standard InChI is InChI=1S/C12H11Br2ClN2S/c13-7-3-9(18-6-7)5-12(17-16)10-4-8(15)1-2-11(10)14/h1-4,6,12,17H,5,16H2. The van der Waals surface area contributed by atoms with Gasteiger partial charge in [-0.3, -0.25) is 11.3 Å². The van der Waals surface area contributed by atoms with Crippen LogP contribution in [0.15, 0.2) is 38.6 Å². The van der Waals surface area contributed by atoms with Crippen molar-refractivity contribution in [1.29, 1.82) is 0 Å². The molecule has 2 rings (SSSR count). The van der Waals surface area contributed by atoms with Gasteiger partial charge in [-0.15, -0.1) is 11.3 Å². The van der Waals surface area contributed by atoms with Crippen LogP contribution in [0, 0.1) is 0 Å². The molecule has 0 aliphatic carbocycles. The van der Waals surface area contributed by atoms with Crippen molar-refractivity contribution in [3.63, 3.8) is 0 Å². The largest absolute Gasteiger partial charge is 0.271 e. The zero-order valence-corrected chi connectivity index (χ0v) is 14.0. The van der Waals surface area contributed by atoms with Gasteiger partial charge in [0.15, 0.2) is 0 Å². The first kappa shape index (κ1) is 14.5. The molecule has 0 saturated heterocycles. The molecule has 0 saturated carbocycles. The summed E-state index contributed by atoms with van der Waals surface area (Å²) in [6.45, 7) is 0. The molecular formula is C12H11Br2ClN2S. The normalized spacial score (nSPS) is 12.7. The molecule has 1 heterocycles. The van der Waals surface area contributed by atoms with E-state index in [1.165, 1.54) is 4.88 Å². The number of hydrazine groups is 1. The molecule has 0 amide bonds. The SMILES string of the molecule is NNC(Cc1cc(Br)cs1)c1cc(Cl)ccc1Br. The molecule has 0 bridgehead atoms. The lowest BCUT2D eigenvalue weighted by Crippen LogP contribution is -2.29. The molecule has 18 heavy (non-hydrogen) atoms. The first-order chi connectivity index (χ1) is 8.60. The molecule has 3 N–H and O–H groups in total. The van der Waals surface area contributed by atoms with Gasteiger partial charge >= 0.3 is 0 Å². The Morgan fingerprint density at radius 2 is 2.11 bits per heavy atom. The van der Waals surface area contributed by atoms with Gasteiger partial charge in [0.2, 0.25) is 0 Å². The molecule has 6 heteroatoms. The van der Waals surface area contributed by atoms with Crippen LogP contribution in [-0.4, -0.2) is 0 Å². The Hall–Kier alpha value is 0.0900. The van der Waals surface area contributed by atoms with Gasteiger partial charge in [-0.25, -0.2) is 0 Å². The van der Waals surface area contributed by atoms with Crippen LogP contribution in [0.1, 0.15) is 16.5 Å². The smallest absolute Gasteiger partial charge is 0.0519 e. The first-order valence-electron chi connectivity index (χ1n) is 5.24. The van der Waals surface area contributed by atoms with Crippen molar-refractivity contribution in [2.24, 2.45) is 5.84 Å². The van der Waals surface area contributed by atoms with Gasteiger partial charge in [0, 0.05) is 30.6 Å². The summed E-state index contributed by atoms with van der Waals surface area (Å²) in [6.07, 6.45) is 0.825. The van der Waals surface area contributed by atoms with Crippen molar-refractivity contribution in [2.45, 2.75) is 12.5 Å². The highest BCUT2D eigenvalue weighted by Crippen LogP contribution is 2.30. The molecule has 1 aromatic carbocycles. The second-order valence-corrected chi connectivity index (χ2v) is 7.02. The Morgan fingerprint density at radius 1 is 1.33 bits per heavy atom. The fourth-order valence-electron chi connectivity index (χ4n) is 1.70. The van der Waals surface area contributed by atoms with E-state index in [2.05, 4.69) is 48.7 Å². The highest BCUT2D eigenvalue weighted by atomic mass is 79.9. The molecular weight excluding hydrogens is 399 g/mol. The van der Waals surface area contributed by atoms with Crippen molar-refractivity contribution in [1.82, 2.24) is 5.43 Å². The molecule has 96 valence electrons. The van der Waals surface area contributed by atoms with Gasteiger partial charge < -0.3 is 0 Å². The van der Waals surface area contributed by atoms with Crippen molar-refractivity contribution in [2.75, 3.05) is 0 Å². The lowest BCUT2D eigenvalue weighted by atomic mass is 10.0. The quantitative estimate of drug-likeness (QED) is 0.568. The molecule has 2 nitrogen and oxygen atoms in total. The summed E-state index contributed by atoms with van der Waals surface area (Å²) in [7, 11) is 0. The predicted octanol–water partition coefficient (Wildman–Crippen LogP) is 4.67. The maximum Gasteiger partial charge on any atom is 0.0519 e. The van der Waals surface area contributed by atoms with E-state index in [-0.39, 0.29) is 6.04 Å². The number of nitrogens with one attached hydrogen (secondary N) is 1. The van der Waals surface area contributed by atoms with Gasteiger partial charge in [0.25, 0.3) is 0 Å². The lowest BCUT2D eigenvalue weighted by Gasteiger charge is -2.17. The van der Waals surface area contributed by atoms with E-state index in [0.717, 1.165) is 20.9 Å². The van der Waals surface area contributed by atoms with Gasteiger partial charge in [-0.2, -0.15) is 0 Å². The Labute approximate surface area is 132 Å². The van der Waals surface area contributed by atoms with E-state index in [1.807, 2.05) is 18.2 Å². The summed E-state index contributed by atoms with van der Waals surface area (Å²) in [5, 5.41) is 2.77. The fourth-order valence-corrected chi connectivity index (χ4v) is 3.90. The van der Waals surface area contributed by atoms with Crippen molar-refractivity contribution >= 4 is 54.8 Å². The Kier molecular flexibility index (Phi) is 5.24. The van der Waals surface area contributed by atoms with E-state index in [9.17, 15) is 0 Å². The monoisotopic (exact) mass is 408 g/mol. The number of hydrogen-bond acceptors (Lipinski definition) is 3. The molecule has 2 aromatic rings. The second kappa shape index (κ2) is 6.50. The number of nitrogens with two attached hydrogens (primary N) is 1. The number of halogens is 3. The van der Waals surface area contributed by atoms with Crippen LogP contribution in [0.2, 0.25) is 5.02 Å². The molecule has 0 fully saturated rings. The second-order valence-electron chi connectivity index (χ2n) is 3.82. The molecule has 0 aliphatic rings. The van der Waals surface area contributed by atoms with Crippen LogP contribution < -0.4 is 11.3 Å². The average molecular weight is 411 g/mol. The minimum Gasteiger partial charge on any atom is -0.271 e. The minimum atomic E-state index is 0.0311. The van der Waals surface area contributed by atoms with Crippen LogP contribution in [-0.2, 0) is 6.42 Å². The molecule has 1 aromatic heterocycles. The average Bonchev–Trinajstić information content (AvgIpc) is 2.75. The molecule has 0 spiro atoms. The van der Waals surface area contributed by atoms with Gasteiger partial charge in [0.1, 0.15) is 0 Å². The summed E-state index contributed by atoms with van der Waals surface area (Å²) in [4.78, 5) is 1.26. The number of rotatable bonds is 4. The molecule has 0 radical (unpaired) electrons. The van der Waals surface area contributed by atoms with Gasteiger partial charge in [-0.1, -0.05) is 27.5 Å². The Morgan fingerprint density at radius 3 is 2.72 bits per heavy atom. The summed E-state index contributed by atoms with van der Waals surface area (Å²) < 4.78 is 2.11. The van der Waals surface area contributed by atoms with E-state index in [1.54, 1.807) is 11.3 Å². The van der Waals surface area contributed by atoms with Gasteiger partial charge in [-0.05, 0) is 45.8 Å². The zero-order valence-electron chi connectivity index (χ0n) is 9.29. The maximum atomic E-state index is 6.03. The number of hydrogen-bond donors (Lipinski definition) is 2. The third kappa shape index (κ3) is 3.56. The van der Waals surface area contributed by atoms with Gasteiger partial charge in [0.05, 0.1) is 6.04 Å². The lowest BCUT2D eigenvalue weighted by molar-refractivity contribution is 0.553.